The van der Waals surface area contributed by atoms with Crippen molar-refractivity contribution in [1.82, 2.24) is 0 Å². The number of nitrogens with zero attached hydrogens (tertiary/aromatic N) is 2. The summed E-state index contributed by atoms with van der Waals surface area (Å²) >= 11 is 0. The van der Waals surface area contributed by atoms with Crippen molar-refractivity contribution in [2.75, 3.05) is 30.4 Å². The van der Waals surface area contributed by atoms with Crippen LogP contribution in [0, 0.1) is 10.1 Å². The Kier molecular flexibility index (Phi) is 4.33. The molecule has 1 aliphatic heterocycles. The summed E-state index contributed by atoms with van der Waals surface area (Å²) in [5.74, 6) is 0.216. The van der Waals surface area contributed by atoms with Gasteiger partial charge in [0.2, 0.25) is 0 Å². The topological polar surface area (TPSA) is 84.7 Å². The minimum absolute atomic E-state index is 0.0482. The van der Waals surface area contributed by atoms with Gasteiger partial charge in [-0.3, -0.25) is 14.9 Å². The van der Waals surface area contributed by atoms with E-state index in [0.717, 1.165) is 19.5 Å². The average Bonchev–Trinajstić information content (AvgIpc) is 2.53. The molecule has 1 fully saturated rings. The number of rotatable bonds is 5. The normalized spacial score (nSPS) is 13.1. The molecule has 1 amide bonds. The number of nitro benzene ring substituents is 1. The zero-order chi connectivity index (χ0) is 17.1. The van der Waals surface area contributed by atoms with Gasteiger partial charge in [-0.25, -0.2) is 0 Å². The summed E-state index contributed by atoms with van der Waals surface area (Å²) in [6, 6.07) is 11.5. The summed E-state index contributed by atoms with van der Waals surface area (Å²) in [7, 11) is 1.54. The molecule has 124 valence electrons. The molecule has 1 N–H and O–H groups in total. The van der Waals surface area contributed by atoms with Gasteiger partial charge in [0.1, 0.15) is 11.4 Å². The van der Waals surface area contributed by atoms with Gasteiger partial charge in [-0.2, -0.15) is 0 Å². The van der Waals surface area contributed by atoms with Crippen molar-refractivity contribution in [2.45, 2.75) is 6.42 Å². The van der Waals surface area contributed by atoms with Crippen LogP contribution >= 0.6 is 0 Å². The first-order chi connectivity index (χ1) is 11.6. The lowest BCUT2D eigenvalue weighted by atomic mass is 10.1. The van der Waals surface area contributed by atoms with Crippen molar-refractivity contribution >= 4 is 23.0 Å². The first-order valence-electron chi connectivity index (χ1n) is 7.57. The second kappa shape index (κ2) is 6.57. The fraction of sp³-hybridized carbons (Fsp3) is 0.235. The van der Waals surface area contributed by atoms with Gasteiger partial charge >= 0.3 is 0 Å². The number of carbonyl (C=O) groups excluding carboxylic acids is 1. The highest BCUT2D eigenvalue weighted by molar-refractivity contribution is 6.05. The lowest BCUT2D eigenvalue weighted by molar-refractivity contribution is -0.384. The second-order valence-electron chi connectivity index (χ2n) is 5.49. The smallest absolute Gasteiger partial charge is 0.293 e. The lowest BCUT2D eigenvalue weighted by Crippen LogP contribution is -2.37. The average molecular weight is 327 g/mol. The van der Waals surface area contributed by atoms with Crippen LogP contribution in [0.25, 0.3) is 0 Å². The minimum atomic E-state index is -0.448. The summed E-state index contributed by atoms with van der Waals surface area (Å²) in [6.07, 6.45) is 1.02. The quantitative estimate of drug-likeness (QED) is 0.674. The Morgan fingerprint density at radius 3 is 2.67 bits per heavy atom. The van der Waals surface area contributed by atoms with Crippen LogP contribution in [-0.4, -0.2) is 31.0 Å². The number of benzene rings is 2. The van der Waals surface area contributed by atoms with E-state index < -0.39 is 10.8 Å². The third-order valence-corrected chi connectivity index (χ3v) is 3.96. The molecule has 2 aromatic rings. The Labute approximate surface area is 139 Å². The third kappa shape index (κ3) is 3.15. The van der Waals surface area contributed by atoms with Crippen molar-refractivity contribution in [3.63, 3.8) is 0 Å². The monoisotopic (exact) mass is 327 g/mol. The highest BCUT2D eigenvalue weighted by atomic mass is 16.6. The van der Waals surface area contributed by atoms with Crippen LogP contribution in [0.15, 0.2) is 42.5 Å². The Balaban J connectivity index is 1.84. The standard InChI is InChI=1S/C17H17N3O4/c1-24-14-5-2-4-13(11-14)18-17(21)12-6-7-15(19-8-3-9-19)16(10-12)20(22)23/h2,4-7,10-11H,3,8-9H2,1H3,(H,18,21). The molecule has 0 saturated carbocycles. The number of nitrogens with one attached hydrogen (secondary N) is 1. The molecule has 0 unspecified atom stereocenters. The predicted molar refractivity (Wildman–Crippen MR) is 90.9 cm³/mol. The summed E-state index contributed by atoms with van der Waals surface area (Å²) < 4.78 is 5.11. The summed E-state index contributed by atoms with van der Waals surface area (Å²) in [5.41, 5.74) is 1.32. The largest absolute Gasteiger partial charge is 0.497 e. The number of nitro groups is 1. The first-order valence-corrected chi connectivity index (χ1v) is 7.57. The number of hydrogen-bond acceptors (Lipinski definition) is 5. The second-order valence-corrected chi connectivity index (χ2v) is 5.49. The van der Waals surface area contributed by atoms with Crippen molar-refractivity contribution < 1.29 is 14.5 Å². The number of amides is 1. The number of anilines is 2. The van der Waals surface area contributed by atoms with Gasteiger partial charge in [0.25, 0.3) is 11.6 Å². The Hall–Kier alpha value is -3.09. The molecule has 3 rings (SSSR count). The molecule has 1 saturated heterocycles. The van der Waals surface area contributed by atoms with Gasteiger partial charge in [-0.1, -0.05) is 6.07 Å². The van der Waals surface area contributed by atoms with Gasteiger partial charge in [0.05, 0.1) is 12.0 Å². The number of ether oxygens (including phenoxy) is 1. The molecule has 0 aromatic heterocycles. The number of hydrogen-bond donors (Lipinski definition) is 1. The summed E-state index contributed by atoms with van der Waals surface area (Å²) in [6.45, 7) is 1.60. The zero-order valence-electron chi connectivity index (χ0n) is 13.2. The van der Waals surface area contributed by atoms with Gasteiger partial charge in [-0.05, 0) is 30.7 Å². The minimum Gasteiger partial charge on any atom is -0.497 e. The summed E-state index contributed by atoms with van der Waals surface area (Å²) in [4.78, 5) is 25.2. The van der Waals surface area contributed by atoms with E-state index in [1.165, 1.54) is 6.07 Å². The molecule has 1 aliphatic rings. The highest BCUT2D eigenvalue weighted by Gasteiger charge is 2.25. The maximum Gasteiger partial charge on any atom is 0.293 e. The van der Waals surface area contributed by atoms with Crippen LogP contribution < -0.4 is 15.0 Å². The Bertz CT molecular complexity index is 787. The van der Waals surface area contributed by atoms with Crippen LogP contribution in [0.5, 0.6) is 5.75 Å². The van der Waals surface area contributed by atoms with Crippen molar-refractivity contribution in [1.29, 1.82) is 0 Å². The van der Waals surface area contributed by atoms with E-state index in [4.69, 9.17) is 4.74 Å². The molecule has 1 heterocycles. The zero-order valence-corrected chi connectivity index (χ0v) is 13.2. The lowest BCUT2D eigenvalue weighted by Gasteiger charge is -2.32. The molecule has 0 spiro atoms. The fourth-order valence-electron chi connectivity index (χ4n) is 2.54. The molecule has 0 atom stereocenters. The van der Waals surface area contributed by atoms with Crippen molar-refractivity contribution in [3.8, 4) is 5.75 Å². The van der Waals surface area contributed by atoms with Gasteiger partial charge in [-0.15, -0.1) is 0 Å². The van der Waals surface area contributed by atoms with E-state index >= 15 is 0 Å². The first kappa shape index (κ1) is 15.8. The maximum absolute atomic E-state index is 12.4. The fourth-order valence-corrected chi connectivity index (χ4v) is 2.54. The van der Waals surface area contributed by atoms with E-state index in [1.807, 2.05) is 4.90 Å². The molecular formula is C17H17N3O4. The van der Waals surface area contributed by atoms with E-state index in [-0.39, 0.29) is 11.3 Å². The number of carbonyl (C=O) groups is 1. The van der Waals surface area contributed by atoms with E-state index in [1.54, 1.807) is 43.5 Å². The van der Waals surface area contributed by atoms with E-state index in [9.17, 15) is 14.9 Å². The predicted octanol–water partition coefficient (Wildman–Crippen LogP) is 3.07. The number of methoxy groups -OCH3 is 1. The van der Waals surface area contributed by atoms with Crippen LogP contribution in [0.4, 0.5) is 17.1 Å². The molecule has 0 aliphatic carbocycles. The third-order valence-electron chi connectivity index (χ3n) is 3.96. The van der Waals surface area contributed by atoms with Gasteiger partial charge in [0.15, 0.2) is 0 Å². The van der Waals surface area contributed by atoms with Crippen LogP contribution in [0.3, 0.4) is 0 Å². The van der Waals surface area contributed by atoms with Crippen LogP contribution in [0.2, 0.25) is 0 Å². The van der Waals surface area contributed by atoms with Gasteiger partial charge in [0, 0.05) is 36.5 Å². The summed E-state index contributed by atoms with van der Waals surface area (Å²) in [5, 5.41) is 14.0. The Morgan fingerprint density at radius 1 is 1.25 bits per heavy atom. The molecule has 7 nitrogen and oxygen atoms in total. The Morgan fingerprint density at radius 2 is 2.04 bits per heavy atom. The van der Waals surface area contributed by atoms with Crippen LogP contribution in [-0.2, 0) is 0 Å². The van der Waals surface area contributed by atoms with E-state index in [0.29, 0.717) is 17.1 Å². The molecular weight excluding hydrogens is 310 g/mol. The molecule has 0 radical (unpaired) electrons. The maximum atomic E-state index is 12.4. The molecule has 7 heteroatoms. The van der Waals surface area contributed by atoms with Gasteiger partial charge < -0.3 is 15.0 Å². The van der Waals surface area contributed by atoms with Crippen LogP contribution in [0.1, 0.15) is 16.8 Å². The highest BCUT2D eigenvalue weighted by Crippen LogP contribution is 2.32. The SMILES string of the molecule is COc1cccc(NC(=O)c2ccc(N3CCC3)c([N+](=O)[O-])c2)c1. The molecule has 0 bridgehead atoms. The van der Waals surface area contributed by atoms with Crippen molar-refractivity contribution in [3.05, 3.63) is 58.1 Å². The van der Waals surface area contributed by atoms with E-state index in [2.05, 4.69) is 5.32 Å². The molecule has 24 heavy (non-hydrogen) atoms. The molecule has 2 aromatic carbocycles. The van der Waals surface area contributed by atoms with Crippen molar-refractivity contribution in [2.24, 2.45) is 0 Å².